The Hall–Kier alpha value is -2.48. The summed E-state index contributed by atoms with van der Waals surface area (Å²) in [6.45, 7) is 3.89. The lowest BCUT2D eigenvalue weighted by atomic mass is 10.2. The van der Waals surface area contributed by atoms with Gasteiger partial charge in [0.1, 0.15) is 0 Å². The fourth-order valence-corrected chi connectivity index (χ4v) is 5.18. The molecule has 0 aliphatic rings. The summed E-state index contributed by atoms with van der Waals surface area (Å²) >= 11 is 3.25. The Morgan fingerprint density at radius 3 is 2.71 bits per heavy atom. The third kappa shape index (κ3) is 5.61. The molecular formula is C24H25N3O2S2. The maximum absolute atomic E-state index is 13.1. The van der Waals surface area contributed by atoms with Gasteiger partial charge in [-0.25, -0.2) is 9.97 Å². The van der Waals surface area contributed by atoms with E-state index in [9.17, 15) is 4.79 Å². The molecule has 31 heavy (non-hydrogen) atoms. The molecule has 0 unspecified atom stereocenters. The van der Waals surface area contributed by atoms with E-state index in [0.717, 1.165) is 34.2 Å². The molecule has 0 radical (unpaired) electrons. The lowest BCUT2D eigenvalue weighted by Crippen LogP contribution is -2.24. The summed E-state index contributed by atoms with van der Waals surface area (Å²) in [6.07, 6.45) is 1.62. The number of benzene rings is 2. The van der Waals surface area contributed by atoms with Gasteiger partial charge < -0.3 is 4.74 Å². The number of hydrogen-bond donors (Lipinski definition) is 0. The largest absolute Gasteiger partial charge is 0.382 e. The van der Waals surface area contributed by atoms with Crippen molar-refractivity contribution in [2.75, 3.05) is 13.2 Å². The monoisotopic (exact) mass is 451 g/mol. The molecule has 0 amide bonds. The smallest absolute Gasteiger partial charge is 0.262 e. The lowest BCUT2D eigenvalue weighted by molar-refractivity contribution is 0.140. The lowest BCUT2D eigenvalue weighted by Gasteiger charge is -2.12. The maximum atomic E-state index is 13.1. The summed E-state index contributed by atoms with van der Waals surface area (Å²) in [7, 11) is 0. The molecule has 2 aromatic carbocycles. The number of ether oxygens (including phenoxy) is 1. The molecule has 4 aromatic rings. The highest BCUT2D eigenvalue weighted by molar-refractivity contribution is 7.98. The summed E-state index contributed by atoms with van der Waals surface area (Å²) in [4.78, 5) is 22.7. The molecule has 160 valence electrons. The van der Waals surface area contributed by atoms with E-state index in [2.05, 4.69) is 29.6 Å². The topological polar surface area (TPSA) is 57.0 Å². The van der Waals surface area contributed by atoms with E-state index in [1.165, 1.54) is 5.56 Å². The van der Waals surface area contributed by atoms with Gasteiger partial charge in [0.15, 0.2) is 5.16 Å². The number of aromatic nitrogens is 3. The van der Waals surface area contributed by atoms with Gasteiger partial charge >= 0.3 is 0 Å². The highest BCUT2D eigenvalue weighted by atomic mass is 32.2. The quantitative estimate of drug-likeness (QED) is 0.189. The van der Waals surface area contributed by atoms with Crippen molar-refractivity contribution in [1.29, 1.82) is 0 Å². The molecule has 2 heterocycles. The first-order valence-corrected chi connectivity index (χ1v) is 12.3. The van der Waals surface area contributed by atoms with Crippen molar-refractivity contribution >= 4 is 34.0 Å². The van der Waals surface area contributed by atoms with Crippen molar-refractivity contribution in [3.8, 4) is 0 Å². The number of para-hydroxylation sites is 1. The Morgan fingerprint density at radius 2 is 1.87 bits per heavy atom. The van der Waals surface area contributed by atoms with Gasteiger partial charge in [0.25, 0.3) is 5.56 Å². The highest BCUT2D eigenvalue weighted by Gasteiger charge is 2.13. The summed E-state index contributed by atoms with van der Waals surface area (Å²) in [5.74, 6) is 0.682. The molecule has 0 atom stereocenters. The van der Waals surface area contributed by atoms with Crippen LogP contribution in [0.25, 0.3) is 10.9 Å². The molecule has 0 N–H and O–H groups in total. The van der Waals surface area contributed by atoms with Crippen molar-refractivity contribution in [2.45, 2.75) is 37.2 Å². The van der Waals surface area contributed by atoms with Gasteiger partial charge in [0, 0.05) is 37.3 Å². The molecule has 4 rings (SSSR count). The van der Waals surface area contributed by atoms with Gasteiger partial charge in [0.2, 0.25) is 0 Å². The molecule has 0 aliphatic heterocycles. The fraction of sp³-hybridized carbons (Fsp3) is 0.292. The molecule has 0 fully saturated rings. The Bertz CT molecular complexity index is 1190. The molecule has 2 aromatic heterocycles. The summed E-state index contributed by atoms with van der Waals surface area (Å²) < 4.78 is 7.23. The first kappa shape index (κ1) is 21.7. The zero-order valence-electron chi connectivity index (χ0n) is 17.5. The van der Waals surface area contributed by atoms with Crippen LogP contribution in [0.3, 0.4) is 0 Å². The van der Waals surface area contributed by atoms with Crippen molar-refractivity contribution in [3.05, 3.63) is 86.6 Å². The molecular weight excluding hydrogens is 426 g/mol. The van der Waals surface area contributed by atoms with Crippen LogP contribution in [0, 0.1) is 0 Å². The van der Waals surface area contributed by atoms with E-state index in [1.807, 2.05) is 37.3 Å². The Balaban J connectivity index is 1.51. The Labute approximate surface area is 190 Å². The maximum Gasteiger partial charge on any atom is 0.262 e. The number of fused-ring (bicyclic) bond motifs is 1. The normalized spacial score (nSPS) is 11.3. The zero-order valence-corrected chi connectivity index (χ0v) is 19.1. The first-order valence-electron chi connectivity index (χ1n) is 10.4. The van der Waals surface area contributed by atoms with Crippen LogP contribution in [0.2, 0.25) is 0 Å². The van der Waals surface area contributed by atoms with Crippen LogP contribution in [-0.2, 0) is 23.5 Å². The fourth-order valence-electron chi connectivity index (χ4n) is 3.33. The summed E-state index contributed by atoms with van der Waals surface area (Å²) in [5.41, 5.74) is 3.02. The highest BCUT2D eigenvalue weighted by Crippen LogP contribution is 2.24. The average molecular weight is 452 g/mol. The van der Waals surface area contributed by atoms with Crippen LogP contribution < -0.4 is 5.56 Å². The van der Waals surface area contributed by atoms with Gasteiger partial charge in [-0.2, -0.15) is 0 Å². The van der Waals surface area contributed by atoms with E-state index < -0.39 is 0 Å². The van der Waals surface area contributed by atoms with E-state index in [0.29, 0.717) is 30.9 Å². The van der Waals surface area contributed by atoms with E-state index in [1.54, 1.807) is 27.7 Å². The molecule has 0 saturated heterocycles. The van der Waals surface area contributed by atoms with Crippen LogP contribution in [-0.4, -0.2) is 27.7 Å². The van der Waals surface area contributed by atoms with E-state index >= 15 is 0 Å². The van der Waals surface area contributed by atoms with Crippen molar-refractivity contribution in [3.63, 3.8) is 0 Å². The van der Waals surface area contributed by atoms with Crippen molar-refractivity contribution in [1.82, 2.24) is 14.5 Å². The molecule has 0 aliphatic carbocycles. The Morgan fingerprint density at radius 1 is 1.06 bits per heavy atom. The second-order valence-electron chi connectivity index (χ2n) is 7.10. The molecule has 0 bridgehead atoms. The third-order valence-corrected chi connectivity index (χ3v) is 6.76. The van der Waals surface area contributed by atoms with Gasteiger partial charge in [-0.3, -0.25) is 9.36 Å². The number of thioether (sulfide) groups is 1. The molecule has 7 heteroatoms. The number of rotatable bonds is 10. The van der Waals surface area contributed by atoms with Crippen LogP contribution in [0.4, 0.5) is 0 Å². The predicted molar refractivity (Wildman–Crippen MR) is 128 cm³/mol. The van der Waals surface area contributed by atoms with Crippen molar-refractivity contribution < 1.29 is 4.74 Å². The molecule has 5 nitrogen and oxygen atoms in total. The molecule has 0 spiro atoms. The average Bonchev–Trinajstić information content (AvgIpc) is 3.24. The second-order valence-corrected chi connectivity index (χ2v) is 8.99. The number of hydrogen-bond acceptors (Lipinski definition) is 6. The minimum atomic E-state index is 0.00708. The third-order valence-electron chi connectivity index (χ3n) is 4.85. The standard InChI is InChI=1S/C24H25N3O2S2/c1-2-29-14-8-13-27-23(28)20-11-6-7-12-21(20)26-24(27)31-17-19-16-30-22(25-19)15-18-9-4-3-5-10-18/h3-7,9-12,16H,2,8,13-15,17H2,1H3. The SMILES string of the molecule is CCOCCCn1c(SCc2csc(Cc3ccccc3)n2)nc2ccccc2c1=O. The zero-order chi connectivity index (χ0) is 21.5. The van der Waals surface area contributed by atoms with E-state index in [4.69, 9.17) is 14.7 Å². The minimum absolute atomic E-state index is 0.00708. The number of thiazole rings is 1. The predicted octanol–water partition coefficient (Wildman–Crippen LogP) is 5.16. The minimum Gasteiger partial charge on any atom is -0.382 e. The van der Waals surface area contributed by atoms with Gasteiger partial charge in [-0.05, 0) is 31.0 Å². The number of nitrogens with zero attached hydrogens (tertiary/aromatic N) is 3. The van der Waals surface area contributed by atoms with Crippen LogP contribution in [0.5, 0.6) is 0 Å². The van der Waals surface area contributed by atoms with E-state index in [-0.39, 0.29) is 5.56 Å². The van der Waals surface area contributed by atoms with Crippen LogP contribution in [0.15, 0.2) is 69.9 Å². The summed E-state index contributed by atoms with van der Waals surface area (Å²) in [6, 6.07) is 17.9. The molecule has 0 saturated carbocycles. The first-order chi connectivity index (χ1) is 15.2. The van der Waals surface area contributed by atoms with Gasteiger partial charge in [-0.15, -0.1) is 11.3 Å². The second kappa shape index (κ2) is 10.7. The van der Waals surface area contributed by atoms with Crippen LogP contribution in [0.1, 0.15) is 29.6 Å². The van der Waals surface area contributed by atoms with Gasteiger partial charge in [-0.1, -0.05) is 54.2 Å². The van der Waals surface area contributed by atoms with Crippen molar-refractivity contribution in [2.24, 2.45) is 0 Å². The van der Waals surface area contributed by atoms with Gasteiger partial charge in [0.05, 0.1) is 21.6 Å². The Kier molecular flexibility index (Phi) is 7.51. The summed E-state index contributed by atoms with van der Waals surface area (Å²) in [5, 5.41) is 4.59. The van der Waals surface area contributed by atoms with Crippen LogP contribution >= 0.6 is 23.1 Å².